The molecule has 0 aromatic heterocycles. The quantitative estimate of drug-likeness (QED) is 0.121. The van der Waals surface area contributed by atoms with Crippen LogP contribution in [0.1, 0.15) is 20.7 Å². The summed E-state index contributed by atoms with van der Waals surface area (Å²) < 4.78 is 0. The van der Waals surface area contributed by atoms with Gasteiger partial charge in [-0.25, -0.2) is 0 Å². The summed E-state index contributed by atoms with van der Waals surface area (Å²) >= 11 is 0. The predicted molar refractivity (Wildman–Crippen MR) is 104 cm³/mol. The molecule has 2 N–H and O–H groups in total. The Morgan fingerprint density at radius 1 is 0.800 bits per heavy atom. The van der Waals surface area contributed by atoms with Gasteiger partial charge in [-0.2, -0.15) is 0 Å². The summed E-state index contributed by atoms with van der Waals surface area (Å²) in [5.41, 5.74) is -1.78. The van der Waals surface area contributed by atoms with Gasteiger partial charge in [0.05, 0.1) is 22.3 Å². The Morgan fingerprint density at radius 3 is 1.47 bits per heavy atom. The fraction of sp³-hybridized carbons (Fsp3) is 0.0476. The van der Waals surface area contributed by atoms with Crippen LogP contribution in [0.5, 0.6) is 11.5 Å². The number of carbonyl (C=O) groups is 4. The molecule has 0 fully saturated rings. The van der Waals surface area contributed by atoms with Crippen LogP contribution >= 0.6 is 0 Å². The van der Waals surface area contributed by atoms with Crippen LogP contribution in [0.3, 0.4) is 0 Å². The molecule has 9 nitrogen and oxygen atoms in total. The second-order valence-electron chi connectivity index (χ2n) is 5.95. The first-order chi connectivity index (χ1) is 14.3. The van der Waals surface area contributed by atoms with Gasteiger partial charge in [-0.1, -0.05) is 24.3 Å². The number of phenols is 2. The first-order valence-corrected chi connectivity index (χ1v) is 8.43. The van der Waals surface area contributed by atoms with Crippen molar-refractivity contribution in [1.29, 1.82) is 0 Å². The molecule has 0 spiro atoms. The molecule has 0 aliphatic rings. The lowest BCUT2D eigenvalue weighted by molar-refractivity contribution is -0.496. The van der Waals surface area contributed by atoms with Crippen LogP contribution in [-0.2, 0) is 9.59 Å². The first-order valence-electron chi connectivity index (χ1n) is 8.43. The molecular weight excluding hydrogens is 394 g/mol. The monoisotopic (exact) mass is 409 g/mol. The van der Waals surface area contributed by atoms with E-state index in [9.17, 15) is 39.5 Å². The number of nitrogens with zero attached hydrogens (tertiary/aromatic N) is 1. The van der Waals surface area contributed by atoms with Crippen LogP contribution in [-0.4, -0.2) is 45.3 Å². The number of carbonyl (C=O) groups excluding carboxylic acids is 4. The van der Waals surface area contributed by atoms with Crippen molar-refractivity contribution in [3.63, 3.8) is 0 Å². The summed E-state index contributed by atoms with van der Waals surface area (Å²) in [5.74, 6) is -2.79. The van der Waals surface area contributed by atoms with Crippen molar-refractivity contribution in [2.24, 2.45) is 0 Å². The number of nitro groups is 1. The number of allylic oxidation sites excluding steroid dienone is 2. The van der Waals surface area contributed by atoms with Gasteiger partial charge < -0.3 is 10.2 Å². The lowest BCUT2D eigenvalue weighted by Gasteiger charge is -2.06. The van der Waals surface area contributed by atoms with E-state index in [0.717, 1.165) is 0 Å². The molecule has 152 valence electrons. The lowest BCUT2D eigenvalue weighted by atomic mass is 9.98. The van der Waals surface area contributed by atoms with Gasteiger partial charge >= 0.3 is 0 Å². The summed E-state index contributed by atoms with van der Waals surface area (Å²) in [6.07, 6.45) is 1.49. The summed E-state index contributed by atoms with van der Waals surface area (Å²) in [4.78, 5) is 58.1. The number of para-hydroxylation sites is 2. The van der Waals surface area contributed by atoms with Gasteiger partial charge in [0, 0.05) is 17.1 Å². The number of aldehydes is 2. The fourth-order valence-electron chi connectivity index (χ4n) is 2.52. The van der Waals surface area contributed by atoms with Gasteiger partial charge in [0.1, 0.15) is 11.5 Å². The molecule has 30 heavy (non-hydrogen) atoms. The highest BCUT2D eigenvalue weighted by Gasteiger charge is 2.24. The van der Waals surface area contributed by atoms with E-state index >= 15 is 0 Å². The average Bonchev–Trinajstić information content (AvgIpc) is 2.73. The van der Waals surface area contributed by atoms with Crippen molar-refractivity contribution in [2.75, 3.05) is 0 Å². The number of ketones is 2. The molecule has 0 heterocycles. The number of hydrogen-bond acceptors (Lipinski definition) is 8. The van der Waals surface area contributed by atoms with Crippen molar-refractivity contribution in [3.05, 3.63) is 93.1 Å². The molecule has 0 saturated heterocycles. The Kier molecular flexibility index (Phi) is 7.07. The molecule has 2 rings (SSSR count). The Balaban J connectivity index is 2.47. The van der Waals surface area contributed by atoms with Crippen molar-refractivity contribution < 1.29 is 34.3 Å². The Hall–Kier alpha value is -4.40. The van der Waals surface area contributed by atoms with Gasteiger partial charge in [-0.15, -0.1) is 0 Å². The molecule has 0 radical (unpaired) electrons. The SMILES string of the molecule is O=C/C(=C\C(/C=C(\C=O)C(=O)c1ccccc1O)[N+](=O)[O-])C(=O)c1ccccc1O. The van der Waals surface area contributed by atoms with Gasteiger partial charge in [-0.05, 0) is 24.3 Å². The third-order valence-corrected chi connectivity index (χ3v) is 4.02. The highest BCUT2D eigenvalue weighted by atomic mass is 16.6. The zero-order chi connectivity index (χ0) is 22.3. The van der Waals surface area contributed by atoms with E-state index in [-0.39, 0.29) is 23.7 Å². The minimum absolute atomic E-state index is 0.0740. The minimum Gasteiger partial charge on any atom is -0.507 e. The van der Waals surface area contributed by atoms with Crippen LogP contribution in [0, 0.1) is 10.1 Å². The van der Waals surface area contributed by atoms with E-state index in [1.54, 1.807) is 0 Å². The first kappa shape index (κ1) is 21.9. The third kappa shape index (κ3) is 4.90. The van der Waals surface area contributed by atoms with E-state index in [1.807, 2.05) is 0 Å². The Labute approximate surface area is 169 Å². The smallest absolute Gasteiger partial charge is 0.251 e. The lowest BCUT2D eigenvalue weighted by Crippen LogP contribution is -2.19. The summed E-state index contributed by atoms with van der Waals surface area (Å²) in [7, 11) is 0. The Morgan fingerprint density at radius 2 is 1.17 bits per heavy atom. The molecule has 0 aliphatic carbocycles. The van der Waals surface area contributed by atoms with Gasteiger partial charge in [0.2, 0.25) is 0 Å². The molecule has 0 atom stereocenters. The fourth-order valence-corrected chi connectivity index (χ4v) is 2.52. The molecule has 0 aliphatic heterocycles. The average molecular weight is 409 g/mol. The molecule has 9 heteroatoms. The summed E-state index contributed by atoms with van der Waals surface area (Å²) in [6.45, 7) is 0. The van der Waals surface area contributed by atoms with Crippen molar-refractivity contribution in [1.82, 2.24) is 0 Å². The van der Waals surface area contributed by atoms with E-state index in [2.05, 4.69) is 0 Å². The maximum atomic E-state index is 12.4. The van der Waals surface area contributed by atoms with Gasteiger partial charge in [0.25, 0.3) is 6.04 Å². The molecule has 2 aromatic carbocycles. The second kappa shape index (κ2) is 9.69. The zero-order valence-electron chi connectivity index (χ0n) is 15.3. The van der Waals surface area contributed by atoms with Crippen molar-refractivity contribution in [3.8, 4) is 11.5 Å². The normalized spacial score (nSPS) is 11.8. The molecule has 0 unspecified atom stereocenters. The van der Waals surface area contributed by atoms with Crippen LogP contribution in [0.15, 0.2) is 71.8 Å². The van der Waals surface area contributed by atoms with E-state index < -0.39 is 45.2 Å². The standard InChI is InChI=1S/C21H15NO8/c23-11-13(20(27)16-5-1-3-7-18(16)25)9-15(22(29)30)10-14(12-24)21(28)17-6-2-4-8-19(17)26/h1-12,15,25-26H/b13-9+,14-10+. The van der Waals surface area contributed by atoms with Gasteiger partial charge in [-0.3, -0.25) is 29.3 Å². The maximum absolute atomic E-state index is 12.4. The van der Waals surface area contributed by atoms with E-state index in [4.69, 9.17) is 0 Å². The highest BCUT2D eigenvalue weighted by molar-refractivity contribution is 6.22. The summed E-state index contributed by atoms with van der Waals surface area (Å²) in [6, 6.07) is 8.72. The van der Waals surface area contributed by atoms with Crippen LogP contribution < -0.4 is 0 Å². The van der Waals surface area contributed by atoms with E-state index in [1.165, 1.54) is 48.5 Å². The number of benzene rings is 2. The van der Waals surface area contributed by atoms with Crippen LogP contribution in [0.2, 0.25) is 0 Å². The van der Waals surface area contributed by atoms with E-state index in [0.29, 0.717) is 12.2 Å². The minimum atomic E-state index is -1.88. The molecule has 0 saturated carbocycles. The number of Topliss-reactive ketones (excluding diaryl/α,β-unsaturated/α-hetero) is 2. The number of rotatable bonds is 9. The molecular formula is C21H15NO8. The highest BCUT2D eigenvalue weighted by Crippen LogP contribution is 2.21. The van der Waals surface area contributed by atoms with Crippen LogP contribution in [0.4, 0.5) is 0 Å². The predicted octanol–water partition coefficient (Wildman–Crippen LogP) is 2.06. The number of phenolic OH excluding ortho intramolecular Hbond substituents is 2. The van der Waals surface area contributed by atoms with Crippen molar-refractivity contribution >= 4 is 24.1 Å². The van der Waals surface area contributed by atoms with Gasteiger partial charge in [0.15, 0.2) is 24.1 Å². The number of hydrogen-bond donors (Lipinski definition) is 2. The van der Waals surface area contributed by atoms with Crippen molar-refractivity contribution in [2.45, 2.75) is 6.04 Å². The summed E-state index contributed by atoms with van der Waals surface area (Å²) in [5, 5.41) is 30.9. The third-order valence-electron chi connectivity index (χ3n) is 4.02. The molecule has 0 amide bonds. The largest absolute Gasteiger partial charge is 0.507 e. The maximum Gasteiger partial charge on any atom is 0.251 e. The number of aromatic hydroxyl groups is 2. The Bertz CT molecular complexity index is 1000. The topological polar surface area (TPSA) is 152 Å². The van der Waals surface area contributed by atoms with Crippen LogP contribution in [0.25, 0.3) is 0 Å². The molecule has 2 aromatic rings. The second-order valence-corrected chi connectivity index (χ2v) is 5.95. The zero-order valence-corrected chi connectivity index (χ0v) is 15.3. The molecule has 0 bridgehead atoms.